The van der Waals surface area contributed by atoms with E-state index in [9.17, 15) is 4.79 Å². The molecule has 0 spiro atoms. The zero-order chi connectivity index (χ0) is 13.7. The Labute approximate surface area is 115 Å². The third-order valence-electron chi connectivity index (χ3n) is 3.69. The topological polar surface area (TPSA) is 58.4 Å². The SMILES string of the molecule is CC1CN(CC(=O)NCCc2ccccc2)CC1N. The van der Waals surface area contributed by atoms with E-state index in [0.29, 0.717) is 19.0 Å². The van der Waals surface area contributed by atoms with Crippen LogP contribution >= 0.6 is 0 Å². The van der Waals surface area contributed by atoms with Gasteiger partial charge >= 0.3 is 0 Å². The van der Waals surface area contributed by atoms with Gasteiger partial charge in [-0.2, -0.15) is 0 Å². The summed E-state index contributed by atoms with van der Waals surface area (Å²) in [6.45, 7) is 5.05. The molecule has 2 atom stereocenters. The molecule has 0 aromatic heterocycles. The van der Waals surface area contributed by atoms with Crippen LogP contribution in [-0.4, -0.2) is 43.0 Å². The third-order valence-corrected chi connectivity index (χ3v) is 3.69. The molecule has 0 bridgehead atoms. The van der Waals surface area contributed by atoms with Gasteiger partial charge in [-0.1, -0.05) is 37.3 Å². The fraction of sp³-hybridized carbons (Fsp3) is 0.533. The molecule has 0 saturated carbocycles. The van der Waals surface area contributed by atoms with Crippen LogP contribution in [0.2, 0.25) is 0 Å². The Balaban J connectivity index is 1.65. The summed E-state index contributed by atoms with van der Waals surface area (Å²) in [5.74, 6) is 0.578. The van der Waals surface area contributed by atoms with Gasteiger partial charge in [0, 0.05) is 25.7 Å². The molecule has 1 saturated heterocycles. The average molecular weight is 261 g/mol. The fourth-order valence-electron chi connectivity index (χ4n) is 2.47. The van der Waals surface area contributed by atoms with Crippen molar-refractivity contribution in [2.75, 3.05) is 26.2 Å². The largest absolute Gasteiger partial charge is 0.355 e. The van der Waals surface area contributed by atoms with Crippen molar-refractivity contribution in [3.63, 3.8) is 0 Å². The quantitative estimate of drug-likeness (QED) is 0.817. The van der Waals surface area contributed by atoms with Gasteiger partial charge in [0.05, 0.1) is 6.54 Å². The number of rotatable bonds is 5. The van der Waals surface area contributed by atoms with E-state index < -0.39 is 0 Å². The van der Waals surface area contributed by atoms with E-state index in [1.165, 1.54) is 5.56 Å². The van der Waals surface area contributed by atoms with Gasteiger partial charge in [-0.25, -0.2) is 0 Å². The summed E-state index contributed by atoms with van der Waals surface area (Å²) < 4.78 is 0. The van der Waals surface area contributed by atoms with Crippen LogP contribution in [0.3, 0.4) is 0 Å². The van der Waals surface area contributed by atoms with Gasteiger partial charge in [-0.3, -0.25) is 9.69 Å². The second kappa shape index (κ2) is 6.68. The highest BCUT2D eigenvalue weighted by molar-refractivity contribution is 5.78. The van der Waals surface area contributed by atoms with Crippen LogP contribution in [0.25, 0.3) is 0 Å². The molecule has 1 amide bonds. The van der Waals surface area contributed by atoms with E-state index in [4.69, 9.17) is 5.73 Å². The molecule has 1 aromatic rings. The third kappa shape index (κ3) is 4.33. The van der Waals surface area contributed by atoms with E-state index in [-0.39, 0.29) is 11.9 Å². The molecule has 0 radical (unpaired) electrons. The maximum atomic E-state index is 11.8. The van der Waals surface area contributed by atoms with Gasteiger partial charge in [0.1, 0.15) is 0 Å². The number of carbonyl (C=O) groups excluding carboxylic acids is 1. The van der Waals surface area contributed by atoms with Crippen molar-refractivity contribution in [3.8, 4) is 0 Å². The highest BCUT2D eigenvalue weighted by atomic mass is 16.2. The first kappa shape index (κ1) is 14.0. The lowest BCUT2D eigenvalue weighted by Crippen LogP contribution is -2.38. The first-order valence-electron chi connectivity index (χ1n) is 6.93. The molecule has 1 aliphatic rings. The predicted octanol–water partition coefficient (Wildman–Crippen LogP) is 0.624. The van der Waals surface area contributed by atoms with E-state index in [0.717, 1.165) is 19.5 Å². The van der Waals surface area contributed by atoms with Crippen molar-refractivity contribution < 1.29 is 4.79 Å². The summed E-state index contributed by atoms with van der Waals surface area (Å²) in [6.07, 6.45) is 0.877. The number of benzene rings is 1. The minimum absolute atomic E-state index is 0.0947. The van der Waals surface area contributed by atoms with Crippen molar-refractivity contribution in [2.24, 2.45) is 11.7 Å². The van der Waals surface area contributed by atoms with Gasteiger partial charge in [0.25, 0.3) is 0 Å². The molecule has 19 heavy (non-hydrogen) atoms. The lowest BCUT2D eigenvalue weighted by atomic mass is 10.1. The molecule has 1 aromatic carbocycles. The van der Waals surface area contributed by atoms with Crippen LogP contribution in [0.5, 0.6) is 0 Å². The zero-order valence-electron chi connectivity index (χ0n) is 11.5. The molecule has 4 heteroatoms. The second-order valence-corrected chi connectivity index (χ2v) is 5.42. The van der Waals surface area contributed by atoms with Crippen LogP contribution in [0.1, 0.15) is 12.5 Å². The summed E-state index contributed by atoms with van der Waals surface area (Å²) in [5.41, 5.74) is 7.20. The van der Waals surface area contributed by atoms with E-state index >= 15 is 0 Å². The highest BCUT2D eigenvalue weighted by Gasteiger charge is 2.27. The minimum atomic E-state index is 0.0947. The standard InChI is InChI=1S/C15H23N3O/c1-12-9-18(10-14(12)16)11-15(19)17-8-7-13-5-3-2-4-6-13/h2-6,12,14H,7-11,16H2,1H3,(H,17,19). The van der Waals surface area contributed by atoms with E-state index in [1.807, 2.05) is 18.2 Å². The van der Waals surface area contributed by atoms with E-state index in [1.54, 1.807) is 0 Å². The molecule has 1 aliphatic heterocycles. The van der Waals surface area contributed by atoms with Crippen LogP contribution in [0.4, 0.5) is 0 Å². The summed E-state index contributed by atoms with van der Waals surface area (Å²) in [6, 6.07) is 10.4. The first-order chi connectivity index (χ1) is 9.15. The maximum absolute atomic E-state index is 11.8. The predicted molar refractivity (Wildman–Crippen MR) is 76.7 cm³/mol. The van der Waals surface area contributed by atoms with Crippen LogP contribution in [0.15, 0.2) is 30.3 Å². The monoisotopic (exact) mass is 261 g/mol. The summed E-state index contributed by atoms with van der Waals surface area (Å²) in [4.78, 5) is 13.9. The first-order valence-corrected chi connectivity index (χ1v) is 6.93. The van der Waals surface area contributed by atoms with Gasteiger partial charge in [0.15, 0.2) is 0 Å². The number of nitrogens with one attached hydrogen (secondary N) is 1. The Kier molecular flexibility index (Phi) is 4.93. The molecule has 0 aliphatic carbocycles. The summed E-state index contributed by atoms with van der Waals surface area (Å²) >= 11 is 0. The van der Waals surface area contributed by atoms with Crippen molar-refractivity contribution in [2.45, 2.75) is 19.4 Å². The van der Waals surface area contributed by atoms with Crippen LogP contribution < -0.4 is 11.1 Å². The molecule has 2 unspecified atom stereocenters. The number of carbonyl (C=O) groups is 1. The fourth-order valence-corrected chi connectivity index (χ4v) is 2.47. The molecule has 1 heterocycles. The second-order valence-electron chi connectivity index (χ2n) is 5.42. The van der Waals surface area contributed by atoms with E-state index in [2.05, 4.69) is 29.3 Å². The number of nitrogens with two attached hydrogens (primary N) is 1. The van der Waals surface area contributed by atoms with Crippen molar-refractivity contribution in [3.05, 3.63) is 35.9 Å². The molecule has 1 fully saturated rings. The van der Waals surface area contributed by atoms with Crippen molar-refractivity contribution >= 4 is 5.91 Å². The molecular weight excluding hydrogens is 238 g/mol. The average Bonchev–Trinajstić information content (AvgIpc) is 2.69. The van der Waals surface area contributed by atoms with Gasteiger partial charge in [-0.15, -0.1) is 0 Å². The van der Waals surface area contributed by atoms with Gasteiger partial charge in [0.2, 0.25) is 5.91 Å². The normalized spacial score (nSPS) is 23.5. The van der Waals surface area contributed by atoms with Crippen LogP contribution in [0, 0.1) is 5.92 Å². The number of hydrogen-bond acceptors (Lipinski definition) is 3. The lowest BCUT2D eigenvalue weighted by Gasteiger charge is -2.14. The molecular formula is C15H23N3O. The highest BCUT2D eigenvalue weighted by Crippen LogP contribution is 2.13. The Morgan fingerprint density at radius 2 is 2.11 bits per heavy atom. The smallest absolute Gasteiger partial charge is 0.234 e. The number of amides is 1. The number of likely N-dealkylation sites (tertiary alicyclic amines) is 1. The molecule has 4 nitrogen and oxygen atoms in total. The number of hydrogen-bond donors (Lipinski definition) is 2. The Bertz CT molecular complexity index is 397. The van der Waals surface area contributed by atoms with Gasteiger partial charge < -0.3 is 11.1 Å². The molecule has 104 valence electrons. The Morgan fingerprint density at radius 3 is 2.74 bits per heavy atom. The summed E-state index contributed by atoms with van der Waals surface area (Å²) in [5, 5.41) is 2.97. The van der Waals surface area contributed by atoms with Crippen molar-refractivity contribution in [1.29, 1.82) is 0 Å². The molecule has 2 rings (SSSR count). The minimum Gasteiger partial charge on any atom is -0.355 e. The Hall–Kier alpha value is -1.39. The number of nitrogens with zero attached hydrogens (tertiary/aromatic N) is 1. The zero-order valence-corrected chi connectivity index (χ0v) is 11.5. The Morgan fingerprint density at radius 1 is 1.37 bits per heavy atom. The lowest BCUT2D eigenvalue weighted by molar-refractivity contribution is -0.122. The maximum Gasteiger partial charge on any atom is 0.234 e. The summed E-state index contributed by atoms with van der Waals surface area (Å²) in [7, 11) is 0. The van der Waals surface area contributed by atoms with Crippen molar-refractivity contribution in [1.82, 2.24) is 10.2 Å². The van der Waals surface area contributed by atoms with Gasteiger partial charge in [-0.05, 0) is 17.9 Å². The van der Waals surface area contributed by atoms with Crippen LogP contribution in [-0.2, 0) is 11.2 Å². The molecule has 3 N–H and O–H groups in total.